The molecule has 0 saturated carbocycles. The van der Waals surface area contributed by atoms with Crippen LogP contribution in [0.1, 0.15) is 19.8 Å². The Bertz CT molecular complexity index is 446. The van der Waals surface area contributed by atoms with Crippen molar-refractivity contribution in [2.45, 2.75) is 25.9 Å². The van der Waals surface area contributed by atoms with Crippen LogP contribution < -0.4 is 10.1 Å². The predicted molar refractivity (Wildman–Crippen MR) is 78.1 cm³/mol. The van der Waals surface area contributed by atoms with Crippen LogP contribution in [0.25, 0.3) is 0 Å². The van der Waals surface area contributed by atoms with Crippen LogP contribution in [0, 0.1) is 5.92 Å². The molecule has 20 heavy (non-hydrogen) atoms. The molecule has 1 amide bonds. The average Bonchev–Trinajstić information content (AvgIpc) is 2.99. The number of benzene rings is 1. The van der Waals surface area contributed by atoms with Crippen LogP contribution in [-0.2, 0) is 9.53 Å². The van der Waals surface area contributed by atoms with Gasteiger partial charge in [0.25, 0.3) is 0 Å². The highest BCUT2D eigenvalue weighted by Crippen LogP contribution is 2.24. The zero-order valence-electron chi connectivity index (χ0n) is 11.6. The smallest absolute Gasteiger partial charge is 0.225 e. The van der Waals surface area contributed by atoms with Gasteiger partial charge in [-0.05, 0) is 25.0 Å². The summed E-state index contributed by atoms with van der Waals surface area (Å²) in [5, 5.41) is 3.51. The minimum atomic E-state index is -0.0822. The zero-order chi connectivity index (χ0) is 14.4. The van der Waals surface area contributed by atoms with Crippen molar-refractivity contribution >= 4 is 17.5 Å². The molecule has 0 aromatic heterocycles. The summed E-state index contributed by atoms with van der Waals surface area (Å²) in [6.07, 6.45) is 1.52. The number of amides is 1. The van der Waals surface area contributed by atoms with Crippen LogP contribution in [0.5, 0.6) is 5.75 Å². The summed E-state index contributed by atoms with van der Waals surface area (Å²) in [6.45, 7) is 3.70. The van der Waals surface area contributed by atoms with Crippen LogP contribution in [0.4, 0.5) is 0 Å². The second kappa shape index (κ2) is 7.50. The second-order valence-corrected chi connectivity index (χ2v) is 5.29. The number of para-hydroxylation sites is 1. The zero-order valence-corrected chi connectivity index (χ0v) is 12.4. The van der Waals surface area contributed by atoms with Gasteiger partial charge in [0.2, 0.25) is 5.91 Å². The van der Waals surface area contributed by atoms with Gasteiger partial charge in [-0.15, -0.1) is 0 Å². The maximum Gasteiger partial charge on any atom is 0.225 e. The summed E-state index contributed by atoms with van der Waals surface area (Å²) < 4.78 is 11.0. The first-order valence-corrected chi connectivity index (χ1v) is 7.35. The van der Waals surface area contributed by atoms with E-state index in [0.717, 1.165) is 12.8 Å². The van der Waals surface area contributed by atoms with Gasteiger partial charge in [-0.1, -0.05) is 30.7 Å². The highest BCUT2D eigenvalue weighted by Gasteiger charge is 2.24. The number of halogens is 1. The fraction of sp³-hybridized carbons (Fsp3) is 0.533. The van der Waals surface area contributed by atoms with Crippen LogP contribution in [0.15, 0.2) is 24.3 Å². The quantitative estimate of drug-likeness (QED) is 0.878. The number of carbonyl (C=O) groups excluding carboxylic acids is 1. The maximum absolute atomic E-state index is 11.9. The Labute approximate surface area is 124 Å². The Morgan fingerprint density at radius 2 is 2.35 bits per heavy atom. The van der Waals surface area contributed by atoms with Crippen molar-refractivity contribution in [2.24, 2.45) is 5.92 Å². The summed E-state index contributed by atoms with van der Waals surface area (Å²) in [6, 6.07) is 7.36. The van der Waals surface area contributed by atoms with Gasteiger partial charge < -0.3 is 14.8 Å². The Morgan fingerprint density at radius 1 is 1.55 bits per heavy atom. The lowest BCUT2D eigenvalue weighted by Gasteiger charge is -2.19. The summed E-state index contributed by atoms with van der Waals surface area (Å²) in [5.74, 6) is 0.677. The minimum Gasteiger partial charge on any atom is -0.487 e. The van der Waals surface area contributed by atoms with E-state index in [9.17, 15) is 4.79 Å². The Kier molecular flexibility index (Phi) is 5.68. The van der Waals surface area contributed by atoms with Gasteiger partial charge in [0.15, 0.2) is 0 Å². The molecule has 1 aromatic rings. The monoisotopic (exact) mass is 297 g/mol. The van der Waals surface area contributed by atoms with E-state index in [-0.39, 0.29) is 17.9 Å². The highest BCUT2D eigenvalue weighted by atomic mass is 35.5. The van der Waals surface area contributed by atoms with Crippen molar-refractivity contribution in [1.82, 2.24) is 5.32 Å². The third-order valence-corrected chi connectivity index (χ3v) is 3.70. The molecule has 0 spiro atoms. The first kappa shape index (κ1) is 15.1. The van der Waals surface area contributed by atoms with Crippen LogP contribution in [0.2, 0.25) is 5.02 Å². The largest absolute Gasteiger partial charge is 0.487 e. The lowest BCUT2D eigenvalue weighted by molar-refractivity contribution is -0.125. The highest BCUT2D eigenvalue weighted by molar-refractivity contribution is 6.32. The molecule has 110 valence electrons. The van der Waals surface area contributed by atoms with E-state index >= 15 is 0 Å². The molecule has 1 aliphatic rings. The first-order chi connectivity index (χ1) is 9.70. The lowest BCUT2D eigenvalue weighted by Crippen LogP contribution is -2.38. The van der Waals surface area contributed by atoms with E-state index in [4.69, 9.17) is 21.1 Å². The van der Waals surface area contributed by atoms with E-state index < -0.39 is 0 Å². The predicted octanol–water partition coefficient (Wildman–Crippen LogP) is 2.65. The Hall–Kier alpha value is -1.26. The van der Waals surface area contributed by atoms with Crippen LogP contribution >= 0.6 is 11.6 Å². The van der Waals surface area contributed by atoms with E-state index in [1.165, 1.54) is 0 Å². The van der Waals surface area contributed by atoms with Gasteiger partial charge in [0.1, 0.15) is 11.9 Å². The molecule has 1 heterocycles. The van der Waals surface area contributed by atoms with E-state index in [1.54, 1.807) is 6.07 Å². The van der Waals surface area contributed by atoms with Crippen molar-refractivity contribution in [3.05, 3.63) is 29.3 Å². The fourth-order valence-corrected chi connectivity index (χ4v) is 2.27. The van der Waals surface area contributed by atoms with Gasteiger partial charge in [-0.3, -0.25) is 4.79 Å². The molecular weight excluding hydrogens is 278 g/mol. The van der Waals surface area contributed by atoms with Gasteiger partial charge in [-0.2, -0.15) is 0 Å². The van der Waals surface area contributed by atoms with E-state index in [1.807, 2.05) is 25.1 Å². The fourth-order valence-electron chi connectivity index (χ4n) is 2.09. The number of ether oxygens (including phenoxy) is 2. The average molecular weight is 298 g/mol. The molecule has 0 bridgehead atoms. The molecule has 1 fully saturated rings. The van der Waals surface area contributed by atoms with Crippen molar-refractivity contribution in [2.75, 3.05) is 19.8 Å². The number of carbonyl (C=O) groups is 1. The minimum absolute atomic E-state index is 0.0205. The maximum atomic E-state index is 11.9. The normalized spacial score (nSPS) is 19.6. The number of nitrogens with one attached hydrogen (secondary N) is 1. The molecule has 2 rings (SSSR count). The standard InChI is InChI=1S/C15H20ClNO3/c1-2-12(20-14-6-4-3-5-13(14)16)9-17-15(18)11-7-8-19-10-11/h3-6,11-12H,2,7-10H2,1H3,(H,17,18)/t11-,12-/m1/s1. The van der Waals surface area contributed by atoms with Crippen molar-refractivity contribution in [1.29, 1.82) is 0 Å². The van der Waals surface area contributed by atoms with Gasteiger partial charge in [0.05, 0.1) is 24.1 Å². The summed E-state index contributed by atoms with van der Waals surface area (Å²) in [7, 11) is 0. The van der Waals surface area contributed by atoms with Crippen molar-refractivity contribution in [3.63, 3.8) is 0 Å². The molecule has 1 N–H and O–H groups in total. The van der Waals surface area contributed by atoms with Crippen molar-refractivity contribution in [3.8, 4) is 5.75 Å². The summed E-state index contributed by atoms with van der Waals surface area (Å²) >= 11 is 6.06. The third kappa shape index (κ3) is 4.12. The molecule has 0 radical (unpaired) electrons. The van der Waals surface area contributed by atoms with Crippen LogP contribution in [-0.4, -0.2) is 31.8 Å². The molecule has 1 saturated heterocycles. The van der Waals surface area contributed by atoms with Gasteiger partial charge in [0, 0.05) is 6.61 Å². The molecule has 2 atom stereocenters. The molecule has 0 unspecified atom stereocenters. The van der Waals surface area contributed by atoms with Crippen molar-refractivity contribution < 1.29 is 14.3 Å². The third-order valence-electron chi connectivity index (χ3n) is 3.39. The molecule has 1 aromatic carbocycles. The molecule has 0 aliphatic carbocycles. The SMILES string of the molecule is CC[C@H](CNC(=O)[C@@H]1CCOC1)Oc1ccccc1Cl. The molecule has 5 heteroatoms. The summed E-state index contributed by atoms with van der Waals surface area (Å²) in [5.41, 5.74) is 0. The Morgan fingerprint density at radius 3 is 3.00 bits per heavy atom. The summed E-state index contributed by atoms with van der Waals surface area (Å²) in [4.78, 5) is 11.9. The lowest BCUT2D eigenvalue weighted by atomic mass is 10.1. The van der Waals surface area contributed by atoms with Gasteiger partial charge >= 0.3 is 0 Å². The number of hydrogen-bond donors (Lipinski definition) is 1. The first-order valence-electron chi connectivity index (χ1n) is 6.97. The number of rotatable bonds is 6. The van der Waals surface area contributed by atoms with E-state index in [0.29, 0.717) is 30.5 Å². The van der Waals surface area contributed by atoms with E-state index in [2.05, 4.69) is 5.32 Å². The molecule has 4 nitrogen and oxygen atoms in total. The molecular formula is C15H20ClNO3. The van der Waals surface area contributed by atoms with Gasteiger partial charge in [-0.25, -0.2) is 0 Å². The van der Waals surface area contributed by atoms with Crippen LogP contribution in [0.3, 0.4) is 0 Å². The molecule has 1 aliphatic heterocycles. The topological polar surface area (TPSA) is 47.6 Å². The number of hydrogen-bond acceptors (Lipinski definition) is 3. The Balaban J connectivity index is 1.83. The second-order valence-electron chi connectivity index (χ2n) is 4.88.